The van der Waals surface area contributed by atoms with Gasteiger partial charge in [-0.3, -0.25) is 4.79 Å². The van der Waals surface area contributed by atoms with Crippen LogP contribution < -0.4 is 10.2 Å². The van der Waals surface area contributed by atoms with Gasteiger partial charge in [0.05, 0.1) is 6.26 Å². The quantitative estimate of drug-likeness (QED) is 0.887. The summed E-state index contributed by atoms with van der Waals surface area (Å²) in [6.07, 6.45) is 5.47. The fourth-order valence-electron chi connectivity index (χ4n) is 3.51. The number of rotatable bonds is 5. The second kappa shape index (κ2) is 6.87. The molecule has 2 aromatic rings. The van der Waals surface area contributed by atoms with Crippen LogP contribution in [0.2, 0.25) is 0 Å². The lowest BCUT2D eigenvalue weighted by Crippen LogP contribution is -2.43. The van der Waals surface area contributed by atoms with Crippen molar-refractivity contribution in [2.75, 3.05) is 18.0 Å². The summed E-state index contributed by atoms with van der Waals surface area (Å²) in [5, 5.41) is 12.5. The molecule has 7 nitrogen and oxygen atoms in total. The van der Waals surface area contributed by atoms with Crippen molar-refractivity contribution in [3.63, 3.8) is 0 Å². The molecule has 1 N–H and O–H groups in total. The summed E-state index contributed by atoms with van der Waals surface area (Å²) in [6.45, 7) is 3.42. The highest BCUT2D eigenvalue weighted by atomic mass is 16.4. The predicted molar refractivity (Wildman–Crippen MR) is 94.2 cm³/mol. The van der Waals surface area contributed by atoms with E-state index in [1.807, 2.05) is 4.90 Å². The largest absolute Gasteiger partial charge is 0.459 e. The number of carbonyl (C=O) groups excluding carboxylic acids is 1. The molecule has 1 saturated carbocycles. The molecule has 1 unspecified atom stereocenters. The van der Waals surface area contributed by atoms with Gasteiger partial charge in [-0.05, 0) is 50.7 Å². The topological polar surface area (TPSA) is 95.3 Å². The van der Waals surface area contributed by atoms with Crippen molar-refractivity contribution in [2.24, 2.45) is 11.8 Å². The highest BCUT2D eigenvalue weighted by Crippen LogP contribution is 2.33. The van der Waals surface area contributed by atoms with Crippen molar-refractivity contribution in [1.82, 2.24) is 10.3 Å². The Kier molecular flexibility index (Phi) is 4.41. The van der Waals surface area contributed by atoms with Crippen LogP contribution in [-0.2, 0) is 4.79 Å². The number of nitrogens with zero attached hydrogens (tertiary/aromatic N) is 3. The number of hydrogen-bond donors (Lipinski definition) is 1. The molecule has 0 aromatic carbocycles. The number of piperidine rings is 1. The van der Waals surface area contributed by atoms with Crippen molar-refractivity contribution >= 4 is 11.8 Å². The molecule has 4 rings (SSSR count). The van der Waals surface area contributed by atoms with Crippen LogP contribution in [0.3, 0.4) is 0 Å². The molecule has 0 radical (unpaired) electrons. The van der Waals surface area contributed by atoms with Crippen LogP contribution in [0.5, 0.6) is 0 Å². The Labute approximate surface area is 152 Å². The van der Waals surface area contributed by atoms with Gasteiger partial charge in [0.2, 0.25) is 17.5 Å². The summed E-state index contributed by atoms with van der Waals surface area (Å²) in [5.74, 6) is 2.09. The van der Waals surface area contributed by atoms with Crippen molar-refractivity contribution < 1.29 is 13.6 Å². The smallest absolute Gasteiger partial charge is 0.266 e. The number of aromatic nitrogens is 1. The second-order valence-electron chi connectivity index (χ2n) is 7.16. The molecule has 1 saturated heterocycles. The Morgan fingerprint density at radius 1 is 1.38 bits per heavy atom. The zero-order chi connectivity index (χ0) is 18.1. The van der Waals surface area contributed by atoms with Gasteiger partial charge in [-0.1, -0.05) is 0 Å². The zero-order valence-electron chi connectivity index (χ0n) is 14.8. The van der Waals surface area contributed by atoms with E-state index < -0.39 is 0 Å². The maximum atomic E-state index is 12.4. The average molecular weight is 354 g/mol. The minimum atomic E-state index is 0.0189. The summed E-state index contributed by atoms with van der Waals surface area (Å²) < 4.78 is 11.1. The number of nitrogens with one attached hydrogen (secondary N) is 1. The first-order valence-electron chi connectivity index (χ1n) is 9.16. The van der Waals surface area contributed by atoms with E-state index in [4.69, 9.17) is 8.83 Å². The van der Waals surface area contributed by atoms with E-state index in [9.17, 15) is 10.1 Å². The molecule has 0 spiro atoms. The zero-order valence-corrected chi connectivity index (χ0v) is 14.8. The molecule has 7 heteroatoms. The van der Waals surface area contributed by atoms with E-state index in [0.29, 0.717) is 36.5 Å². The lowest BCUT2D eigenvalue weighted by Gasteiger charge is -2.31. The van der Waals surface area contributed by atoms with Crippen LogP contribution in [0.15, 0.2) is 27.2 Å². The summed E-state index contributed by atoms with van der Waals surface area (Å²) in [7, 11) is 0. The Bertz CT molecular complexity index is 808. The fourth-order valence-corrected chi connectivity index (χ4v) is 3.51. The Balaban J connectivity index is 1.40. The van der Waals surface area contributed by atoms with Gasteiger partial charge in [-0.2, -0.15) is 10.2 Å². The SMILES string of the molecule is CC(NC(=O)C1CCN(c2oc(-c3ccco3)nc2C#N)CC1)C1CC1. The van der Waals surface area contributed by atoms with Gasteiger partial charge >= 0.3 is 0 Å². The molecule has 1 amide bonds. The van der Waals surface area contributed by atoms with E-state index in [0.717, 1.165) is 12.8 Å². The first-order chi connectivity index (χ1) is 12.7. The molecular formula is C19H22N4O3. The van der Waals surface area contributed by atoms with Gasteiger partial charge < -0.3 is 19.1 Å². The van der Waals surface area contributed by atoms with E-state index in [2.05, 4.69) is 23.3 Å². The standard InChI is InChI=1S/C19H22N4O3/c1-12(13-4-5-13)21-17(24)14-6-8-23(9-7-14)19-15(11-20)22-18(26-19)16-3-2-10-25-16/h2-3,10,12-14H,4-9H2,1H3,(H,21,24). The third kappa shape index (κ3) is 3.32. The van der Waals surface area contributed by atoms with Crippen LogP contribution >= 0.6 is 0 Å². The molecular weight excluding hydrogens is 332 g/mol. The first-order valence-corrected chi connectivity index (χ1v) is 9.16. The molecule has 2 aliphatic rings. The lowest BCUT2D eigenvalue weighted by atomic mass is 9.95. The van der Waals surface area contributed by atoms with E-state index in [-0.39, 0.29) is 23.6 Å². The Morgan fingerprint density at radius 2 is 2.15 bits per heavy atom. The van der Waals surface area contributed by atoms with Crippen LogP contribution in [0, 0.1) is 23.2 Å². The van der Waals surface area contributed by atoms with Gasteiger partial charge in [0, 0.05) is 25.0 Å². The summed E-state index contributed by atoms with van der Waals surface area (Å²) in [4.78, 5) is 18.7. The minimum absolute atomic E-state index is 0.0189. The minimum Gasteiger partial charge on any atom is -0.459 e. The van der Waals surface area contributed by atoms with Crippen molar-refractivity contribution in [2.45, 2.75) is 38.6 Å². The summed E-state index contributed by atoms with van der Waals surface area (Å²) >= 11 is 0. The normalized spacial score (nSPS) is 19.2. The third-order valence-electron chi connectivity index (χ3n) is 5.30. The van der Waals surface area contributed by atoms with Crippen molar-refractivity contribution in [3.8, 4) is 17.7 Å². The van der Waals surface area contributed by atoms with Gasteiger partial charge in [-0.15, -0.1) is 0 Å². The molecule has 0 bridgehead atoms. The summed E-state index contributed by atoms with van der Waals surface area (Å²) in [5.41, 5.74) is 0.252. The molecule has 136 valence electrons. The van der Waals surface area contributed by atoms with E-state index >= 15 is 0 Å². The molecule has 1 aliphatic heterocycles. The van der Waals surface area contributed by atoms with Gasteiger partial charge in [0.25, 0.3) is 5.89 Å². The lowest BCUT2D eigenvalue weighted by molar-refractivity contribution is -0.126. The van der Waals surface area contributed by atoms with Crippen molar-refractivity contribution in [1.29, 1.82) is 5.26 Å². The highest BCUT2D eigenvalue weighted by molar-refractivity contribution is 5.79. The molecule has 1 atom stereocenters. The monoisotopic (exact) mass is 354 g/mol. The number of carbonyl (C=O) groups is 1. The fraction of sp³-hybridized carbons (Fsp3) is 0.526. The molecule has 26 heavy (non-hydrogen) atoms. The number of oxazole rings is 1. The van der Waals surface area contributed by atoms with Crippen molar-refractivity contribution in [3.05, 3.63) is 24.1 Å². The van der Waals surface area contributed by atoms with Crippen LogP contribution in [-0.4, -0.2) is 30.0 Å². The molecule has 2 fully saturated rings. The number of anilines is 1. The molecule has 2 aromatic heterocycles. The maximum Gasteiger partial charge on any atom is 0.266 e. The number of nitriles is 1. The van der Waals surface area contributed by atoms with Gasteiger partial charge in [0.1, 0.15) is 6.07 Å². The van der Waals surface area contributed by atoms with E-state index in [1.165, 1.54) is 19.1 Å². The van der Waals surface area contributed by atoms with E-state index in [1.54, 1.807) is 12.1 Å². The van der Waals surface area contributed by atoms with Crippen LogP contribution in [0.4, 0.5) is 5.88 Å². The van der Waals surface area contributed by atoms with Crippen LogP contribution in [0.25, 0.3) is 11.7 Å². The molecule has 3 heterocycles. The van der Waals surface area contributed by atoms with Gasteiger partial charge in [-0.25, -0.2) is 0 Å². The molecule has 1 aliphatic carbocycles. The maximum absolute atomic E-state index is 12.4. The first kappa shape index (κ1) is 16.7. The Morgan fingerprint density at radius 3 is 2.77 bits per heavy atom. The third-order valence-corrected chi connectivity index (χ3v) is 5.30. The van der Waals surface area contributed by atoms with Gasteiger partial charge in [0.15, 0.2) is 5.76 Å². The summed E-state index contributed by atoms with van der Waals surface area (Å²) in [6, 6.07) is 5.85. The number of amides is 1. The average Bonchev–Trinajstić information content (AvgIpc) is 3.20. The number of hydrogen-bond acceptors (Lipinski definition) is 6. The number of furan rings is 1. The second-order valence-corrected chi connectivity index (χ2v) is 7.16. The van der Waals surface area contributed by atoms with Crippen LogP contribution in [0.1, 0.15) is 38.3 Å². The predicted octanol–water partition coefficient (Wildman–Crippen LogP) is 2.94. The highest BCUT2D eigenvalue weighted by Gasteiger charge is 2.33. The Hall–Kier alpha value is -2.75.